The zero-order valence-corrected chi connectivity index (χ0v) is 14.6. The Bertz CT molecular complexity index is 965. The van der Waals surface area contributed by atoms with E-state index in [1.807, 2.05) is 18.2 Å². The summed E-state index contributed by atoms with van der Waals surface area (Å²) in [7, 11) is 0. The largest absolute Gasteiger partial charge is 0.390 e. The van der Waals surface area contributed by atoms with E-state index < -0.39 is 4.92 Å². The lowest BCUT2D eigenvalue weighted by molar-refractivity contribution is -0.389. The molecule has 0 spiro atoms. The van der Waals surface area contributed by atoms with Gasteiger partial charge in [0, 0.05) is 11.2 Å². The van der Waals surface area contributed by atoms with Crippen LogP contribution in [-0.2, 0) is 17.9 Å². The van der Waals surface area contributed by atoms with Gasteiger partial charge in [-0.2, -0.15) is 9.78 Å². The molecule has 0 radical (unpaired) electrons. The lowest BCUT2D eigenvalue weighted by Crippen LogP contribution is -2.20. The monoisotopic (exact) mass is 374 g/mol. The molecule has 9 nitrogen and oxygen atoms in total. The average molecular weight is 375 g/mol. The van der Waals surface area contributed by atoms with E-state index in [9.17, 15) is 14.9 Å². The first-order valence-corrected chi connectivity index (χ1v) is 8.05. The average Bonchev–Trinajstić information content (AvgIpc) is 3.17. The van der Waals surface area contributed by atoms with Gasteiger partial charge in [-0.3, -0.25) is 9.48 Å². The summed E-state index contributed by atoms with van der Waals surface area (Å²) < 4.78 is 2.93. The number of nitrogens with one attached hydrogen (secondary N) is 1. The number of rotatable bonds is 6. The lowest BCUT2D eigenvalue weighted by atomic mass is 10.2. The van der Waals surface area contributed by atoms with E-state index in [-0.39, 0.29) is 18.3 Å². The molecule has 1 amide bonds. The molecule has 2 heterocycles. The standard InChI is InChI=1S/C16H15ClN6O3/c1-11-6-15(23(25)26)20-22(11)10-16(24)19-13-7-18-21(9-13)8-12-4-2-3-5-14(12)17/h2-7,9H,8,10H2,1H3,(H,19,24). The number of aromatic nitrogens is 4. The number of nitro groups is 1. The minimum atomic E-state index is -0.597. The van der Waals surface area contributed by atoms with Gasteiger partial charge in [-0.15, -0.1) is 0 Å². The fraction of sp³-hybridized carbons (Fsp3) is 0.188. The quantitative estimate of drug-likeness (QED) is 0.527. The van der Waals surface area contributed by atoms with Crippen LogP contribution >= 0.6 is 11.6 Å². The highest BCUT2D eigenvalue weighted by Crippen LogP contribution is 2.17. The van der Waals surface area contributed by atoms with E-state index in [1.165, 1.54) is 16.9 Å². The van der Waals surface area contributed by atoms with E-state index in [4.69, 9.17) is 11.6 Å². The Kier molecular flexibility index (Phi) is 4.99. The normalized spacial score (nSPS) is 10.7. The van der Waals surface area contributed by atoms with E-state index in [2.05, 4.69) is 15.5 Å². The maximum Gasteiger partial charge on any atom is 0.390 e. The molecule has 26 heavy (non-hydrogen) atoms. The Balaban J connectivity index is 1.63. The first-order chi connectivity index (χ1) is 12.4. The molecule has 0 saturated carbocycles. The van der Waals surface area contributed by atoms with Crippen LogP contribution in [0.25, 0.3) is 0 Å². The Hall–Kier alpha value is -3.20. The predicted molar refractivity (Wildman–Crippen MR) is 95.0 cm³/mol. The highest BCUT2D eigenvalue weighted by molar-refractivity contribution is 6.31. The number of benzene rings is 1. The van der Waals surface area contributed by atoms with Gasteiger partial charge in [-0.25, -0.2) is 0 Å². The van der Waals surface area contributed by atoms with Gasteiger partial charge in [0.05, 0.1) is 35.3 Å². The third kappa shape index (κ3) is 4.06. The van der Waals surface area contributed by atoms with Crippen LogP contribution in [0.2, 0.25) is 5.02 Å². The summed E-state index contributed by atoms with van der Waals surface area (Å²) in [6.45, 7) is 1.99. The molecule has 2 aromatic heterocycles. The van der Waals surface area contributed by atoms with Gasteiger partial charge in [-0.1, -0.05) is 29.8 Å². The highest BCUT2D eigenvalue weighted by atomic mass is 35.5. The van der Waals surface area contributed by atoms with Crippen LogP contribution in [0.1, 0.15) is 11.3 Å². The number of carbonyl (C=O) groups excluding carboxylic acids is 1. The summed E-state index contributed by atoms with van der Waals surface area (Å²) in [5.74, 6) is -0.647. The van der Waals surface area contributed by atoms with E-state index in [1.54, 1.807) is 23.9 Å². The number of hydrogen-bond donors (Lipinski definition) is 1. The van der Waals surface area contributed by atoms with Crippen molar-refractivity contribution in [2.45, 2.75) is 20.0 Å². The van der Waals surface area contributed by atoms with Crippen LogP contribution in [0.3, 0.4) is 0 Å². The number of halogens is 1. The Morgan fingerprint density at radius 1 is 1.38 bits per heavy atom. The van der Waals surface area contributed by atoms with E-state index in [0.717, 1.165) is 5.56 Å². The van der Waals surface area contributed by atoms with Crippen molar-refractivity contribution in [2.75, 3.05) is 5.32 Å². The van der Waals surface area contributed by atoms with Crippen LogP contribution in [0.15, 0.2) is 42.7 Å². The van der Waals surface area contributed by atoms with Crippen molar-refractivity contribution < 1.29 is 9.72 Å². The Morgan fingerprint density at radius 2 is 2.15 bits per heavy atom. The highest BCUT2D eigenvalue weighted by Gasteiger charge is 2.17. The summed E-state index contributed by atoms with van der Waals surface area (Å²) in [4.78, 5) is 22.3. The van der Waals surface area contributed by atoms with E-state index in [0.29, 0.717) is 22.9 Å². The molecule has 0 atom stereocenters. The van der Waals surface area contributed by atoms with Crippen LogP contribution < -0.4 is 5.32 Å². The third-order valence-corrected chi connectivity index (χ3v) is 4.02. The topological polar surface area (TPSA) is 108 Å². The van der Waals surface area contributed by atoms with Crippen molar-refractivity contribution in [3.05, 3.63) is 69.1 Å². The second kappa shape index (κ2) is 7.36. The fourth-order valence-electron chi connectivity index (χ4n) is 2.39. The molecule has 0 fully saturated rings. The van der Waals surface area contributed by atoms with Crippen molar-refractivity contribution in [1.29, 1.82) is 0 Å². The Morgan fingerprint density at radius 3 is 2.85 bits per heavy atom. The van der Waals surface area contributed by atoms with Crippen LogP contribution in [0.5, 0.6) is 0 Å². The Labute approximate surface area is 153 Å². The minimum absolute atomic E-state index is 0.130. The molecule has 0 bridgehead atoms. The number of amides is 1. The van der Waals surface area contributed by atoms with Crippen LogP contribution in [-0.4, -0.2) is 30.4 Å². The molecule has 0 saturated heterocycles. The first-order valence-electron chi connectivity index (χ1n) is 7.67. The van der Waals surface area contributed by atoms with E-state index >= 15 is 0 Å². The fourth-order valence-corrected chi connectivity index (χ4v) is 2.59. The predicted octanol–water partition coefficient (Wildman–Crippen LogP) is 2.64. The molecule has 1 N–H and O–H groups in total. The van der Waals surface area contributed by atoms with Gasteiger partial charge >= 0.3 is 5.82 Å². The molecule has 3 aromatic rings. The molecule has 0 aliphatic carbocycles. The van der Waals surface area contributed by atoms with Gasteiger partial charge in [0.2, 0.25) is 5.91 Å². The third-order valence-electron chi connectivity index (χ3n) is 3.66. The minimum Gasteiger partial charge on any atom is -0.358 e. The molecular formula is C16H15ClN6O3. The molecular weight excluding hydrogens is 360 g/mol. The molecule has 0 aliphatic rings. The summed E-state index contributed by atoms with van der Waals surface area (Å²) in [6, 6.07) is 8.75. The molecule has 0 aliphatic heterocycles. The summed E-state index contributed by atoms with van der Waals surface area (Å²) in [6.07, 6.45) is 3.20. The van der Waals surface area contributed by atoms with Crippen LogP contribution in [0, 0.1) is 17.0 Å². The van der Waals surface area contributed by atoms with Crippen LogP contribution in [0.4, 0.5) is 11.5 Å². The maximum absolute atomic E-state index is 12.1. The first kappa shape index (κ1) is 17.6. The summed E-state index contributed by atoms with van der Waals surface area (Å²) in [5, 5.41) is 22.0. The van der Waals surface area contributed by atoms with Gasteiger partial charge in [0.1, 0.15) is 6.54 Å². The lowest BCUT2D eigenvalue weighted by Gasteiger charge is -2.04. The van der Waals surface area contributed by atoms with Crippen molar-refractivity contribution in [3.8, 4) is 0 Å². The maximum atomic E-state index is 12.1. The summed E-state index contributed by atoms with van der Waals surface area (Å²) >= 11 is 6.13. The number of hydrogen-bond acceptors (Lipinski definition) is 5. The van der Waals surface area contributed by atoms with Crippen molar-refractivity contribution >= 4 is 29.0 Å². The number of carbonyl (C=O) groups is 1. The number of anilines is 1. The molecule has 3 rings (SSSR count). The smallest absolute Gasteiger partial charge is 0.358 e. The zero-order valence-electron chi connectivity index (χ0n) is 13.8. The van der Waals surface area contributed by atoms with Crippen molar-refractivity contribution in [2.24, 2.45) is 0 Å². The molecule has 1 aromatic carbocycles. The van der Waals surface area contributed by atoms with Gasteiger partial charge < -0.3 is 15.4 Å². The molecule has 134 valence electrons. The number of aryl methyl sites for hydroxylation is 1. The van der Waals surface area contributed by atoms with Gasteiger partial charge in [0.25, 0.3) is 0 Å². The van der Waals surface area contributed by atoms with Gasteiger partial charge in [0.15, 0.2) is 0 Å². The molecule has 10 heteroatoms. The number of nitrogens with zero attached hydrogens (tertiary/aromatic N) is 5. The zero-order chi connectivity index (χ0) is 18.7. The second-order valence-electron chi connectivity index (χ2n) is 5.62. The summed E-state index contributed by atoms with van der Waals surface area (Å²) in [5.41, 5.74) is 1.96. The van der Waals surface area contributed by atoms with Gasteiger partial charge in [-0.05, 0) is 23.5 Å². The van der Waals surface area contributed by atoms with Crippen molar-refractivity contribution in [1.82, 2.24) is 19.6 Å². The molecule has 0 unspecified atom stereocenters. The second-order valence-corrected chi connectivity index (χ2v) is 6.03. The van der Waals surface area contributed by atoms with Crippen molar-refractivity contribution in [3.63, 3.8) is 0 Å². The SMILES string of the molecule is Cc1cc([N+](=O)[O-])nn1CC(=O)Nc1cnn(Cc2ccccc2Cl)c1.